The van der Waals surface area contributed by atoms with E-state index < -0.39 is 49.3 Å². The van der Waals surface area contributed by atoms with Gasteiger partial charge in [-0.3, -0.25) is 0 Å². The largest absolute Gasteiger partial charge is 0.493 e. The Morgan fingerprint density at radius 1 is 1.00 bits per heavy atom. The molecule has 0 aliphatic rings. The Bertz CT molecular complexity index is 1110. The molecule has 0 unspecified atom stereocenters. The Morgan fingerprint density at radius 2 is 1.76 bits per heavy atom. The standard InChI is InChI=1S/C21H22F3N3O6/c1-32-16-5-11-15(6-17(16)33-18(8-29)20(31)19(30)13(24)7-28)25-9-26-21(11)27-14-3-2-10(22)4-12(14)23/h2-6,9,13,18-20,28-31H,7-8H2,1H3,(H,25,26,27)/t13-,18-,19+,20+/m1/s1. The predicted octanol–water partition coefficient (Wildman–Crippen LogP) is 1.45. The fraction of sp³-hybridized carbons (Fsp3) is 0.333. The number of alkyl halides is 1. The molecule has 178 valence electrons. The first-order chi connectivity index (χ1) is 15.8. The number of ether oxygens (including phenoxy) is 2. The van der Waals surface area contributed by atoms with Crippen LogP contribution in [0.5, 0.6) is 11.5 Å². The van der Waals surface area contributed by atoms with Gasteiger partial charge in [0.1, 0.15) is 36.0 Å². The Kier molecular flexibility index (Phi) is 7.87. The normalized spacial score (nSPS) is 15.0. The molecule has 0 aliphatic heterocycles. The minimum atomic E-state index is -2.15. The summed E-state index contributed by atoms with van der Waals surface area (Å²) in [6.07, 6.45) is -6.32. The number of nitrogens with zero attached hydrogens (tertiary/aromatic N) is 2. The Balaban J connectivity index is 1.94. The number of aromatic nitrogens is 2. The molecule has 1 aromatic heterocycles. The monoisotopic (exact) mass is 469 g/mol. The lowest BCUT2D eigenvalue weighted by Crippen LogP contribution is -2.48. The summed E-state index contributed by atoms with van der Waals surface area (Å²) in [6, 6.07) is 5.82. The molecule has 0 spiro atoms. The van der Waals surface area contributed by atoms with Crippen molar-refractivity contribution < 1.29 is 43.1 Å². The second-order valence-electron chi connectivity index (χ2n) is 7.01. The maximum absolute atomic E-state index is 14.1. The summed E-state index contributed by atoms with van der Waals surface area (Å²) < 4.78 is 51.6. The number of aliphatic hydroxyl groups is 4. The fourth-order valence-electron chi connectivity index (χ4n) is 3.05. The molecular weight excluding hydrogens is 447 g/mol. The van der Waals surface area contributed by atoms with Crippen molar-refractivity contribution in [1.29, 1.82) is 0 Å². The second kappa shape index (κ2) is 10.6. The predicted molar refractivity (Wildman–Crippen MR) is 111 cm³/mol. The summed E-state index contributed by atoms with van der Waals surface area (Å²) in [6.45, 7) is -1.82. The summed E-state index contributed by atoms with van der Waals surface area (Å²) in [7, 11) is 1.31. The van der Waals surface area contributed by atoms with Crippen molar-refractivity contribution in [2.24, 2.45) is 0 Å². The number of benzene rings is 2. The van der Waals surface area contributed by atoms with Crippen LogP contribution >= 0.6 is 0 Å². The van der Waals surface area contributed by atoms with Crippen LogP contribution in [0.3, 0.4) is 0 Å². The maximum Gasteiger partial charge on any atom is 0.164 e. The van der Waals surface area contributed by atoms with Crippen LogP contribution in [0.1, 0.15) is 0 Å². The van der Waals surface area contributed by atoms with Gasteiger partial charge in [-0.15, -0.1) is 0 Å². The van der Waals surface area contributed by atoms with Crippen LogP contribution in [-0.4, -0.2) is 75.2 Å². The van der Waals surface area contributed by atoms with Crippen LogP contribution < -0.4 is 14.8 Å². The van der Waals surface area contributed by atoms with Gasteiger partial charge in [-0.1, -0.05) is 0 Å². The van der Waals surface area contributed by atoms with E-state index in [0.29, 0.717) is 11.5 Å². The topological polar surface area (TPSA) is 137 Å². The van der Waals surface area contributed by atoms with E-state index in [4.69, 9.17) is 14.6 Å². The van der Waals surface area contributed by atoms with E-state index in [0.717, 1.165) is 6.07 Å². The quantitative estimate of drug-likeness (QED) is 0.299. The number of methoxy groups -OCH3 is 1. The third-order valence-corrected chi connectivity index (χ3v) is 4.84. The van der Waals surface area contributed by atoms with Gasteiger partial charge in [-0.2, -0.15) is 0 Å². The zero-order valence-corrected chi connectivity index (χ0v) is 17.3. The molecule has 0 saturated heterocycles. The SMILES string of the molecule is COc1cc2c(Nc3ccc(F)cc3F)ncnc2cc1O[C@H](CO)[C@H](O)[C@@H](O)[C@H](F)CO. The van der Waals surface area contributed by atoms with Crippen LogP contribution in [0.15, 0.2) is 36.7 Å². The molecule has 0 radical (unpaired) electrons. The lowest BCUT2D eigenvalue weighted by atomic mass is 10.0. The fourth-order valence-corrected chi connectivity index (χ4v) is 3.05. The van der Waals surface area contributed by atoms with Gasteiger partial charge in [0.05, 0.1) is 31.5 Å². The molecule has 12 heteroatoms. The summed E-state index contributed by atoms with van der Waals surface area (Å²) >= 11 is 0. The van der Waals surface area contributed by atoms with E-state index >= 15 is 0 Å². The molecule has 2 aromatic carbocycles. The number of hydrogen-bond acceptors (Lipinski definition) is 9. The first-order valence-electron chi connectivity index (χ1n) is 9.72. The Hall–Kier alpha value is -3.19. The van der Waals surface area contributed by atoms with E-state index in [1.54, 1.807) is 0 Å². The third-order valence-electron chi connectivity index (χ3n) is 4.84. The van der Waals surface area contributed by atoms with E-state index in [1.165, 1.54) is 31.6 Å². The summed E-state index contributed by atoms with van der Waals surface area (Å²) in [5.41, 5.74) is 0.258. The summed E-state index contributed by atoms with van der Waals surface area (Å²) in [4.78, 5) is 8.17. The van der Waals surface area contributed by atoms with Crippen molar-refractivity contribution in [3.63, 3.8) is 0 Å². The third kappa shape index (κ3) is 5.42. The van der Waals surface area contributed by atoms with E-state index in [9.17, 15) is 28.5 Å². The molecule has 3 aromatic rings. The lowest BCUT2D eigenvalue weighted by Gasteiger charge is -2.28. The number of anilines is 2. The van der Waals surface area contributed by atoms with Crippen LogP contribution in [-0.2, 0) is 0 Å². The molecular formula is C21H22F3N3O6. The lowest BCUT2D eigenvalue weighted by molar-refractivity contribution is -0.0981. The average molecular weight is 469 g/mol. The van der Waals surface area contributed by atoms with Crippen LogP contribution in [0.25, 0.3) is 10.9 Å². The van der Waals surface area contributed by atoms with Gasteiger partial charge in [0.2, 0.25) is 0 Å². The molecule has 0 saturated carbocycles. The van der Waals surface area contributed by atoms with Crippen molar-refractivity contribution in [3.8, 4) is 11.5 Å². The first kappa shape index (κ1) is 24.5. The number of rotatable bonds is 10. The van der Waals surface area contributed by atoms with Gasteiger partial charge in [0, 0.05) is 17.5 Å². The van der Waals surface area contributed by atoms with E-state index in [-0.39, 0.29) is 28.5 Å². The van der Waals surface area contributed by atoms with Crippen LogP contribution in [0, 0.1) is 11.6 Å². The molecule has 5 N–H and O–H groups in total. The number of aliphatic hydroxyl groups excluding tert-OH is 4. The van der Waals surface area contributed by atoms with E-state index in [2.05, 4.69) is 15.3 Å². The maximum atomic E-state index is 14.1. The van der Waals surface area contributed by atoms with Gasteiger partial charge < -0.3 is 35.2 Å². The molecule has 3 rings (SSSR count). The highest BCUT2D eigenvalue weighted by molar-refractivity contribution is 5.93. The van der Waals surface area contributed by atoms with Crippen molar-refractivity contribution in [1.82, 2.24) is 9.97 Å². The van der Waals surface area contributed by atoms with Gasteiger partial charge >= 0.3 is 0 Å². The number of halogens is 3. The van der Waals surface area contributed by atoms with Crippen molar-refractivity contribution in [2.45, 2.75) is 24.5 Å². The van der Waals surface area contributed by atoms with Crippen LogP contribution in [0.2, 0.25) is 0 Å². The number of fused-ring (bicyclic) bond motifs is 1. The smallest absolute Gasteiger partial charge is 0.164 e. The minimum Gasteiger partial charge on any atom is -0.493 e. The Labute approximate surface area is 186 Å². The summed E-state index contributed by atoms with van der Waals surface area (Å²) in [5.74, 6) is -1.31. The Morgan fingerprint density at radius 3 is 2.39 bits per heavy atom. The average Bonchev–Trinajstić information content (AvgIpc) is 2.82. The van der Waals surface area contributed by atoms with Crippen molar-refractivity contribution >= 4 is 22.4 Å². The highest BCUT2D eigenvalue weighted by Gasteiger charge is 2.34. The van der Waals surface area contributed by atoms with Gasteiger partial charge in [-0.25, -0.2) is 23.1 Å². The molecule has 33 heavy (non-hydrogen) atoms. The number of hydrogen-bond donors (Lipinski definition) is 5. The van der Waals surface area contributed by atoms with Gasteiger partial charge in [0.25, 0.3) is 0 Å². The first-order valence-corrected chi connectivity index (χ1v) is 9.72. The second-order valence-corrected chi connectivity index (χ2v) is 7.01. The molecule has 0 fully saturated rings. The highest BCUT2D eigenvalue weighted by Crippen LogP contribution is 2.36. The zero-order valence-electron chi connectivity index (χ0n) is 17.3. The van der Waals surface area contributed by atoms with Gasteiger partial charge in [0.15, 0.2) is 23.8 Å². The van der Waals surface area contributed by atoms with Crippen LogP contribution in [0.4, 0.5) is 24.7 Å². The highest BCUT2D eigenvalue weighted by atomic mass is 19.1. The van der Waals surface area contributed by atoms with Crippen molar-refractivity contribution in [2.75, 3.05) is 25.6 Å². The molecule has 0 amide bonds. The van der Waals surface area contributed by atoms with Gasteiger partial charge in [-0.05, 0) is 18.2 Å². The molecule has 0 aliphatic carbocycles. The number of nitrogens with one attached hydrogen (secondary N) is 1. The minimum absolute atomic E-state index is 0.00711. The molecule has 9 nitrogen and oxygen atoms in total. The summed E-state index contributed by atoms with van der Waals surface area (Å²) in [5, 5.41) is 41.5. The zero-order chi connectivity index (χ0) is 24.1. The van der Waals surface area contributed by atoms with E-state index in [1.807, 2.05) is 0 Å². The molecule has 0 bridgehead atoms. The molecule has 4 atom stereocenters. The van der Waals surface area contributed by atoms with Crippen molar-refractivity contribution in [3.05, 3.63) is 48.3 Å². The molecule has 1 heterocycles.